The van der Waals surface area contributed by atoms with E-state index < -0.39 is 11.8 Å². The average Bonchev–Trinajstić information content (AvgIpc) is 3.01. The lowest BCUT2D eigenvalue weighted by Gasteiger charge is -2.21. The molecule has 0 aliphatic heterocycles. The summed E-state index contributed by atoms with van der Waals surface area (Å²) >= 11 is 0. The lowest BCUT2D eigenvalue weighted by molar-refractivity contribution is -0.131. The van der Waals surface area contributed by atoms with E-state index in [1.54, 1.807) is 6.07 Å². The molecule has 1 unspecified atom stereocenters. The Morgan fingerprint density at radius 2 is 1.62 bits per heavy atom. The van der Waals surface area contributed by atoms with E-state index in [1.807, 2.05) is 30.3 Å². The van der Waals surface area contributed by atoms with E-state index >= 15 is 0 Å². The lowest BCUT2D eigenvalue weighted by atomic mass is 9.78. The number of ketones is 3. The second-order valence-electron chi connectivity index (χ2n) is 5.74. The fourth-order valence-corrected chi connectivity index (χ4v) is 2.69. The summed E-state index contributed by atoms with van der Waals surface area (Å²) in [4.78, 5) is 35.7. The van der Waals surface area contributed by atoms with Crippen LogP contribution in [0.3, 0.4) is 0 Å². The van der Waals surface area contributed by atoms with Crippen LogP contribution in [0.2, 0.25) is 0 Å². The van der Waals surface area contributed by atoms with Crippen molar-refractivity contribution in [1.82, 2.24) is 5.16 Å². The number of rotatable bonds is 7. The molecule has 1 aromatic carbocycles. The Labute approximate surface area is 140 Å². The molecule has 0 N–H and O–H groups in total. The van der Waals surface area contributed by atoms with Gasteiger partial charge >= 0.3 is 0 Å². The van der Waals surface area contributed by atoms with Crippen LogP contribution in [0.15, 0.2) is 53.1 Å². The van der Waals surface area contributed by atoms with Crippen LogP contribution in [0.5, 0.6) is 0 Å². The van der Waals surface area contributed by atoms with Gasteiger partial charge in [-0.1, -0.05) is 42.1 Å². The predicted octanol–water partition coefficient (Wildman–Crippen LogP) is 3.36. The smallest absolute Gasteiger partial charge is 0.155 e. The van der Waals surface area contributed by atoms with Crippen molar-refractivity contribution in [3.63, 3.8) is 0 Å². The molecule has 124 valence electrons. The van der Waals surface area contributed by atoms with E-state index in [2.05, 4.69) is 11.7 Å². The van der Waals surface area contributed by atoms with Crippen molar-refractivity contribution in [2.24, 2.45) is 5.92 Å². The summed E-state index contributed by atoms with van der Waals surface area (Å²) in [5.74, 6) is -2.56. The number of nitrogens with zero attached hydrogens (tertiary/aromatic N) is 1. The normalized spacial score (nSPS) is 12.0. The Bertz CT molecular complexity index is 775. The van der Waals surface area contributed by atoms with Gasteiger partial charge in [-0.15, -0.1) is 0 Å². The molecule has 2 rings (SSSR count). The molecule has 0 aliphatic rings. The second kappa shape index (κ2) is 7.17. The van der Waals surface area contributed by atoms with Gasteiger partial charge in [-0.25, -0.2) is 0 Å². The minimum atomic E-state index is -1.02. The van der Waals surface area contributed by atoms with Crippen molar-refractivity contribution >= 4 is 17.3 Å². The molecule has 0 aliphatic carbocycles. The van der Waals surface area contributed by atoms with Crippen molar-refractivity contribution in [2.45, 2.75) is 26.7 Å². The number of carbonyl (C=O) groups is 3. The number of benzene rings is 1. The number of Topliss-reactive ketones (excluding diaryl/α,β-unsaturated/α-hetero) is 3. The highest BCUT2D eigenvalue weighted by atomic mass is 16.5. The van der Waals surface area contributed by atoms with Crippen LogP contribution in [0.1, 0.15) is 32.4 Å². The second-order valence-corrected chi connectivity index (χ2v) is 5.74. The molecule has 24 heavy (non-hydrogen) atoms. The van der Waals surface area contributed by atoms with E-state index in [1.165, 1.54) is 20.8 Å². The monoisotopic (exact) mass is 325 g/mol. The summed E-state index contributed by atoms with van der Waals surface area (Å²) in [6.45, 7) is 7.75. The standard InChI is InChI=1S/C19H19NO4/c1-11(12(2)21)18(19(13(3)22)14(4)23)17-10-16(20-24-17)15-8-6-5-7-9-15/h5-10,18-19H,1H2,2-4H3. The number of hydrogen-bond donors (Lipinski definition) is 0. The first-order chi connectivity index (χ1) is 11.3. The van der Waals surface area contributed by atoms with E-state index in [0.29, 0.717) is 5.69 Å². The average molecular weight is 325 g/mol. The predicted molar refractivity (Wildman–Crippen MR) is 89.4 cm³/mol. The Balaban J connectivity index is 2.50. The molecule has 0 bridgehead atoms. The minimum absolute atomic E-state index is 0.154. The fraction of sp³-hybridized carbons (Fsp3) is 0.263. The van der Waals surface area contributed by atoms with Crippen LogP contribution >= 0.6 is 0 Å². The molecule has 0 fully saturated rings. The van der Waals surface area contributed by atoms with Gasteiger partial charge in [0.2, 0.25) is 0 Å². The largest absolute Gasteiger partial charge is 0.360 e. The van der Waals surface area contributed by atoms with Gasteiger partial charge in [0.15, 0.2) is 5.78 Å². The third kappa shape index (κ3) is 3.56. The first-order valence-electron chi connectivity index (χ1n) is 7.55. The molecule has 5 heteroatoms. The SMILES string of the molecule is C=C(C(C)=O)C(c1cc(-c2ccccc2)no1)C(C(C)=O)C(C)=O. The van der Waals surface area contributed by atoms with Crippen molar-refractivity contribution in [3.8, 4) is 11.3 Å². The van der Waals surface area contributed by atoms with E-state index in [9.17, 15) is 14.4 Å². The number of hydrogen-bond acceptors (Lipinski definition) is 5. The summed E-state index contributed by atoms with van der Waals surface area (Å²) in [6.07, 6.45) is 0. The molecule has 0 saturated carbocycles. The molecular formula is C19H19NO4. The summed E-state index contributed by atoms with van der Waals surface area (Å²) < 4.78 is 5.37. The highest BCUT2D eigenvalue weighted by Gasteiger charge is 2.37. The van der Waals surface area contributed by atoms with Crippen LogP contribution in [-0.2, 0) is 14.4 Å². The summed E-state index contributed by atoms with van der Waals surface area (Å²) in [7, 11) is 0. The molecular weight excluding hydrogens is 306 g/mol. The summed E-state index contributed by atoms with van der Waals surface area (Å²) in [5.41, 5.74) is 1.56. The van der Waals surface area contributed by atoms with E-state index in [4.69, 9.17) is 4.52 Å². The van der Waals surface area contributed by atoms with Crippen LogP contribution in [0, 0.1) is 5.92 Å². The molecule has 0 spiro atoms. The van der Waals surface area contributed by atoms with E-state index in [0.717, 1.165) is 5.56 Å². The van der Waals surface area contributed by atoms with Crippen molar-refractivity contribution in [3.05, 3.63) is 54.3 Å². The Kier molecular flexibility index (Phi) is 5.24. The third-order valence-electron chi connectivity index (χ3n) is 3.94. The van der Waals surface area contributed by atoms with Crippen molar-refractivity contribution in [1.29, 1.82) is 0 Å². The Hall–Kier alpha value is -2.82. The van der Waals surface area contributed by atoms with Gasteiger partial charge in [-0.3, -0.25) is 14.4 Å². The van der Waals surface area contributed by atoms with E-state index in [-0.39, 0.29) is 28.7 Å². The molecule has 5 nitrogen and oxygen atoms in total. The zero-order valence-electron chi connectivity index (χ0n) is 13.9. The maximum Gasteiger partial charge on any atom is 0.155 e. The Morgan fingerprint density at radius 3 is 2.12 bits per heavy atom. The first kappa shape index (κ1) is 17.5. The molecule has 1 heterocycles. The number of aromatic nitrogens is 1. The topological polar surface area (TPSA) is 77.2 Å². The first-order valence-corrected chi connectivity index (χ1v) is 7.55. The third-order valence-corrected chi connectivity index (χ3v) is 3.94. The van der Waals surface area contributed by atoms with Gasteiger partial charge in [-0.2, -0.15) is 0 Å². The molecule has 1 aromatic heterocycles. The van der Waals surface area contributed by atoms with Crippen LogP contribution in [0.4, 0.5) is 0 Å². The molecule has 1 atom stereocenters. The quantitative estimate of drug-likeness (QED) is 0.576. The highest BCUT2D eigenvalue weighted by Crippen LogP contribution is 2.35. The molecule has 0 amide bonds. The molecule has 0 radical (unpaired) electrons. The maximum absolute atomic E-state index is 12.0. The van der Waals surface area contributed by atoms with Crippen molar-refractivity contribution < 1.29 is 18.9 Å². The molecule has 2 aromatic rings. The van der Waals surface area contributed by atoms with Gasteiger partial charge in [0.25, 0.3) is 0 Å². The Morgan fingerprint density at radius 1 is 1.04 bits per heavy atom. The van der Waals surface area contributed by atoms with Gasteiger partial charge in [0.1, 0.15) is 23.0 Å². The number of carbonyl (C=O) groups excluding carboxylic acids is 3. The zero-order valence-corrected chi connectivity index (χ0v) is 13.9. The summed E-state index contributed by atoms with van der Waals surface area (Å²) in [6, 6.07) is 11.0. The summed E-state index contributed by atoms with van der Waals surface area (Å²) in [5, 5.41) is 4.00. The fourth-order valence-electron chi connectivity index (χ4n) is 2.69. The highest BCUT2D eigenvalue weighted by molar-refractivity contribution is 6.04. The molecule has 0 saturated heterocycles. The van der Waals surface area contributed by atoms with Gasteiger partial charge in [0.05, 0.1) is 11.8 Å². The van der Waals surface area contributed by atoms with Gasteiger partial charge in [0, 0.05) is 11.6 Å². The number of allylic oxidation sites excluding steroid dienone is 1. The zero-order chi connectivity index (χ0) is 17.9. The van der Waals surface area contributed by atoms with Crippen molar-refractivity contribution in [2.75, 3.05) is 0 Å². The van der Waals surface area contributed by atoms with Crippen LogP contribution < -0.4 is 0 Å². The maximum atomic E-state index is 12.0. The van der Waals surface area contributed by atoms with Gasteiger partial charge in [-0.05, 0) is 26.3 Å². The van der Waals surface area contributed by atoms with Crippen LogP contribution in [0.25, 0.3) is 11.3 Å². The minimum Gasteiger partial charge on any atom is -0.360 e. The lowest BCUT2D eigenvalue weighted by Crippen LogP contribution is -2.29. The van der Waals surface area contributed by atoms with Crippen LogP contribution in [-0.4, -0.2) is 22.5 Å². The van der Waals surface area contributed by atoms with Gasteiger partial charge < -0.3 is 4.52 Å².